The summed E-state index contributed by atoms with van der Waals surface area (Å²) in [5.41, 5.74) is 1.15. The number of carboxylic acid groups (broad SMARTS) is 1. The van der Waals surface area contributed by atoms with Gasteiger partial charge in [-0.3, -0.25) is 38.4 Å². The first-order valence-electron chi connectivity index (χ1n) is 29.8. The fraction of sp³-hybridized carbons (Fsp3) is 0.661. The number of thioether (sulfide) groups is 2. The van der Waals surface area contributed by atoms with Crippen molar-refractivity contribution in [3.63, 3.8) is 0 Å². The number of carbonyl (C=O) groups excluding carboxylic acids is 8. The Morgan fingerprint density at radius 3 is 2.07 bits per heavy atom. The van der Waals surface area contributed by atoms with Crippen molar-refractivity contribution in [1.82, 2.24) is 25.3 Å². The average Bonchev–Trinajstić information content (AvgIpc) is 4.07. The number of likely N-dealkylation sites (tertiary alicyclic amines) is 1. The van der Waals surface area contributed by atoms with Crippen LogP contribution >= 0.6 is 23.5 Å². The van der Waals surface area contributed by atoms with Crippen LogP contribution in [0.3, 0.4) is 0 Å². The quantitative estimate of drug-likeness (QED) is 0.0587. The summed E-state index contributed by atoms with van der Waals surface area (Å²) in [4.78, 5) is 130. The summed E-state index contributed by atoms with van der Waals surface area (Å²) < 4.78 is 11.9. The van der Waals surface area contributed by atoms with E-state index < -0.39 is 95.5 Å². The highest BCUT2D eigenvalue weighted by molar-refractivity contribution is 8.01. The van der Waals surface area contributed by atoms with Gasteiger partial charge in [0, 0.05) is 76.4 Å². The highest BCUT2D eigenvalue weighted by Crippen LogP contribution is 2.38. The van der Waals surface area contributed by atoms with E-state index in [9.17, 15) is 48.3 Å². The molecular weight excluding hydrogens is 1100 g/mol. The second-order valence-electron chi connectivity index (χ2n) is 22.7. The lowest BCUT2D eigenvalue weighted by Gasteiger charge is -2.39. The molecule has 462 valence electrons. The van der Waals surface area contributed by atoms with Crippen LogP contribution in [0.5, 0.6) is 0 Å². The molecule has 5 rings (SSSR count). The molecule has 0 radical (unpaired) electrons. The molecule has 83 heavy (non-hydrogen) atoms. The molecule has 2 aliphatic heterocycles. The zero-order valence-electron chi connectivity index (χ0n) is 51.2. The minimum absolute atomic E-state index is 0.0201. The van der Waals surface area contributed by atoms with Gasteiger partial charge in [0.1, 0.15) is 12.1 Å². The molecule has 9 atom stereocenters. The molecule has 9 unspecified atom stereocenters. The largest absolute Gasteiger partial charge is 0.480 e. The average molecular weight is 1190 g/mol. The second-order valence-corrected chi connectivity index (χ2v) is 25.2. The van der Waals surface area contributed by atoms with Crippen LogP contribution in [0, 0.1) is 17.8 Å². The van der Waals surface area contributed by atoms with Crippen molar-refractivity contribution in [1.29, 1.82) is 0 Å². The fourth-order valence-corrected chi connectivity index (χ4v) is 13.4. The zero-order chi connectivity index (χ0) is 61.5. The Labute approximate surface area is 501 Å². The summed E-state index contributed by atoms with van der Waals surface area (Å²) in [5.74, 6) is -5.65. The Hall–Kier alpha value is -5.51. The van der Waals surface area contributed by atoms with E-state index in [-0.39, 0.29) is 71.5 Å². The van der Waals surface area contributed by atoms with E-state index in [1.165, 1.54) is 73.9 Å². The highest BCUT2D eigenvalue weighted by Gasteiger charge is 2.44. The Morgan fingerprint density at radius 1 is 0.831 bits per heavy atom. The predicted octanol–water partition coefficient (Wildman–Crippen LogP) is 8.22. The molecule has 1 saturated carbocycles. The number of hydrogen-bond acceptors (Lipinski definition) is 13. The number of aliphatic carboxylic acids is 1. The molecule has 0 aromatic heterocycles. The first kappa shape index (κ1) is 70.0. The Balaban J connectivity index is 0.00000482. The molecular formula is C62H95N7O12S2. The number of nitrogens with one attached hydrogen (secondary N) is 3. The SMILES string of the molecule is CCC.CCC(C)C(C(CC(=O)N1CCCC1C(OC)C(C)C(=O)NC(Cc1ccccc1)C(=O)O)OC)N(C)C(=O)CNC(=O)C(C(C)C)N(C)C(=O)c1cc(NC(=O)CCSC)cc(N2C(=O)CC(SC3CCCCCCC3)C2=O)c1. The van der Waals surface area contributed by atoms with Crippen molar-refractivity contribution >= 4 is 88.1 Å². The number of ether oxygens (including phenoxy) is 2. The van der Waals surface area contributed by atoms with Crippen LogP contribution in [0.2, 0.25) is 0 Å². The van der Waals surface area contributed by atoms with E-state index in [0.29, 0.717) is 31.6 Å². The van der Waals surface area contributed by atoms with Crippen molar-refractivity contribution in [2.45, 2.75) is 192 Å². The normalized spacial score (nSPS) is 19.2. The van der Waals surface area contributed by atoms with Crippen LogP contribution in [0.1, 0.15) is 154 Å². The molecule has 3 fully saturated rings. The van der Waals surface area contributed by atoms with Crippen LogP contribution in [-0.2, 0) is 54.3 Å². The molecule has 2 saturated heterocycles. The molecule has 0 spiro atoms. The number of amides is 8. The molecule has 4 N–H and O–H groups in total. The molecule has 3 aliphatic rings. The van der Waals surface area contributed by atoms with Gasteiger partial charge in [0.2, 0.25) is 41.4 Å². The van der Waals surface area contributed by atoms with Crippen LogP contribution in [-0.4, -0.2) is 173 Å². The predicted molar refractivity (Wildman–Crippen MR) is 328 cm³/mol. The van der Waals surface area contributed by atoms with Crippen molar-refractivity contribution in [3.05, 3.63) is 59.7 Å². The summed E-state index contributed by atoms with van der Waals surface area (Å²) in [6.07, 6.45) is 11.2. The van der Waals surface area contributed by atoms with Crippen molar-refractivity contribution in [3.8, 4) is 0 Å². The highest BCUT2D eigenvalue weighted by atomic mass is 32.2. The third-order valence-corrected chi connectivity index (χ3v) is 18.2. The van der Waals surface area contributed by atoms with Crippen molar-refractivity contribution < 1.29 is 57.7 Å². The molecule has 2 aromatic carbocycles. The number of benzene rings is 2. The van der Waals surface area contributed by atoms with Gasteiger partial charge in [0.25, 0.3) is 5.91 Å². The summed E-state index contributed by atoms with van der Waals surface area (Å²) in [6.45, 7) is 13.3. The number of imide groups is 1. The first-order valence-corrected chi connectivity index (χ1v) is 32.1. The van der Waals surface area contributed by atoms with Crippen LogP contribution in [0.25, 0.3) is 0 Å². The third kappa shape index (κ3) is 20.1. The van der Waals surface area contributed by atoms with E-state index in [0.717, 1.165) is 49.0 Å². The standard InChI is InChI=1S/C59H87N7O12S2.C3H8/c1-11-37(4)53(46(77-8)33-49(68)65-27-20-25-45(65)54(78-9)38(5)55(71)62-44(59(75)76)29-39-21-16-15-17-22-39)63(6)51(70)35-60-56(72)52(36(2)3)64(7)57(73)40-30-41(61-48(67)26-28-79-10)32-42(31-40)66-50(69)34-47(58(66)74)80-43-23-18-13-12-14-19-24-43;1-3-2/h15-17,21-22,30-32,36-38,43-47,52-54H,11-14,18-20,23-29,33-35H2,1-10H3,(H,60,72)(H,61,67)(H,62,71)(H,75,76);3H2,1-2H3. The molecule has 2 heterocycles. The van der Waals surface area contributed by atoms with Gasteiger partial charge in [0.15, 0.2) is 0 Å². The number of hydrogen-bond donors (Lipinski definition) is 4. The lowest BCUT2D eigenvalue weighted by Crippen LogP contribution is -2.56. The molecule has 0 bridgehead atoms. The van der Waals surface area contributed by atoms with E-state index in [1.54, 1.807) is 68.7 Å². The van der Waals surface area contributed by atoms with Gasteiger partial charge < -0.3 is 45.2 Å². The van der Waals surface area contributed by atoms with Gasteiger partial charge in [-0.2, -0.15) is 11.8 Å². The minimum atomic E-state index is -1.18. The number of rotatable bonds is 28. The van der Waals surface area contributed by atoms with Gasteiger partial charge in [-0.05, 0) is 67.5 Å². The Bertz CT molecular complexity index is 2480. The second kappa shape index (κ2) is 35.1. The van der Waals surface area contributed by atoms with E-state index in [4.69, 9.17) is 9.47 Å². The molecule has 8 amide bonds. The number of methoxy groups -OCH3 is 2. The number of carbonyl (C=O) groups is 9. The van der Waals surface area contributed by atoms with Crippen molar-refractivity contribution in [2.24, 2.45) is 17.8 Å². The van der Waals surface area contributed by atoms with Crippen molar-refractivity contribution in [2.75, 3.05) is 63.6 Å². The zero-order valence-corrected chi connectivity index (χ0v) is 52.9. The van der Waals surface area contributed by atoms with Gasteiger partial charge in [-0.1, -0.05) is 124 Å². The molecule has 19 nitrogen and oxygen atoms in total. The fourth-order valence-electron chi connectivity index (χ4n) is 11.4. The number of carboxylic acids is 1. The maximum Gasteiger partial charge on any atom is 0.326 e. The maximum absolute atomic E-state index is 14.6. The lowest BCUT2D eigenvalue weighted by atomic mass is 9.90. The summed E-state index contributed by atoms with van der Waals surface area (Å²) in [5, 5.41) is 17.9. The first-order chi connectivity index (χ1) is 39.6. The molecule has 21 heteroatoms. The van der Waals surface area contributed by atoms with E-state index in [2.05, 4.69) is 29.8 Å². The minimum Gasteiger partial charge on any atom is -0.480 e. The number of likely N-dealkylation sites (N-methyl/N-ethyl adjacent to an activating group) is 2. The van der Waals surface area contributed by atoms with Crippen LogP contribution in [0.15, 0.2) is 48.5 Å². The topological polar surface area (TPSA) is 241 Å². The monoisotopic (exact) mass is 1190 g/mol. The number of nitrogens with zero attached hydrogens (tertiary/aromatic N) is 4. The van der Waals surface area contributed by atoms with E-state index >= 15 is 0 Å². The van der Waals surface area contributed by atoms with Gasteiger partial charge in [-0.15, -0.1) is 11.8 Å². The Morgan fingerprint density at radius 2 is 1.48 bits per heavy atom. The molecule has 1 aliphatic carbocycles. The lowest BCUT2D eigenvalue weighted by molar-refractivity contribution is -0.147. The summed E-state index contributed by atoms with van der Waals surface area (Å²) in [7, 11) is 6.00. The summed E-state index contributed by atoms with van der Waals surface area (Å²) >= 11 is 3.06. The van der Waals surface area contributed by atoms with Gasteiger partial charge in [-0.25, -0.2) is 9.69 Å². The van der Waals surface area contributed by atoms with Crippen LogP contribution in [0.4, 0.5) is 11.4 Å². The van der Waals surface area contributed by atoms with Gasteiger partial charge >= 0.3 is 5.97 Å². The van der Waals surface area contributed by atoms with Gasteiger partial charge in [0.05, 0.1) is 54.1 Å². The number of anilines is 2. The van der Waals surface area contributed by atoms with Crippen LogP contribution < -0.4 is 20.9 Å². The van der Waals surface area contributed by atoms with E-state index in [1.807, 2.05) is 26.2 Å². The third-order valence-electron chi connectivity index (χ3n) is 16.0. The Kier molecular flexibility index (Phi) is 29.6. The maximum atomic E-state index is 14.6. The smallest absolute Gasteiger partial charge is 0.326 e. The molecule has 2 aromatic rings. The summed E-state index contributed by atoms with van der Waals surface area (Å²) in [6, 6.07) is 10.0.